The van der Waals surface area contributed by atoms with Crippen molar-refractivity contribution in [3.05, 3.63) is 11.9 Å². The van der Waals surface area contributed by atoms with Gasteiger partial charge in [-0.25, -0.2) is 0 Å². The van der Waals surface area contributed by atoms with Crippen molar-refractivity contribution < 1.29 is 5.11 Å². The Morgan fingerprint density at radius 2 is 2.45 bits per heavy atom. The van der Waals surface area contributed by atoms with E-state index in [1.54, 1.807) is 13.2 Å². The second-order valence-corrected chi connectivity index (χ2v) is 2.56. The molecule has 0 aliphatic heterocycles. The van der Waals surface area contributed by atoms with Crippen LogP contribution < -0.4 is 0 Å². The van der Waals surface area contributed by atoms with E-state index in [0.717, 1.165) is 12.8 Å². The summed E-state index contributed by atoms with van der Waals surface area (Å²) in [6.45, 7) is 2.03. The lowest BCUT2D eigenvalue weighted by Gasteiger charge is -2.02. The maximum Gasteiger partial charge on any atom is 0.111 e. The van der Waals surface area contributed by atoms with E-state index in [0.29, 0.717) is 5.69 Å². The summed E-state index contributed by atoms with van der Waals surface area (Å²) in [6, 6.07) is 0. The van der Waals surface area contributed by atoms with E-state index in [1.165, 1.54) is 4.80 Å². The molecule has 1 N–H and O–H groups in total. The minimum absolute atomic E-state index is 0.450. The predicted octanol–water partition coefficient (Wildman–Crippen LogP) is 0.649. The summed E-state index contributed by atoms with van der Waals surface area (Å²) in [5.74, 6) is 0. The third-order valence-corrected chi connectivity index (χ3v) is 1.52. The summed E-state index contributed by atoms with van der Waals surface area (Å²) in [6.07, 6.45) is 2.85. The zero-order valence-electron chi connectivity index (χ0n) is 6.86. The Bertz CT molecular complexity index is 221. The van der Waals surface area contributed by atoms with E-state index < -0.39 is 6.10 Å². The average molecular weight is 155 g/mol. The van der Waals surface area contributed by atoms with Gasteiger partial charge in [-0.15, -0.1) is 0 Å². The first-order valence-electron chi connectivity index (χ1n) is 3.78. The van der Waals surface area contributed by atoms with Crippen molar-refractivity contribution in [2.75, 3.05) is 0 Å². The van der Waals surface area contributed by atoms with Gasteiger partial charge in [0.2, 0.25) is 0 Å². The van der Waals surface area contributed by atoms with Crippen LogP contribution in [-0.4, -0.2) is 20.1 Å². The molecule has 1 heterocycles. The van der Waals surface area contributed by atoms with Gasteiger partial charge in [0.15, 0.2) is 0 Å². The predicted molar refractivity (Wildman–Crippen MR) is 40.9 cm³/mol. The van der Waals surface area contributed by atoms with Crippen LogP contribution in [0.5, 0.6) is 0 Å². The molecule has 0 saturated carbocycles. The molecule has 1 atom stereocenters. The first-order chi connectivity index (χ1) is 5.24. The maximum absolute atomic E-state index is 9.42. The molecular weight excluding hydrogens is 142 g/mol. The van der Waals surface area contributed by atoms with Gasteiger partial charge >= 0.3 is 0 Å². The van der Waals surface area contributed by atoms with Gasteiger partial charge in [0.25, 0.3) is 0 Å². The highest BCUT2D eigenvalue weighted by atomic mass is 16.3. The fourth-order valence-corrected chi connectivity index (χ4v) is 0.935. The third kappa shape index (κ3) is 2.01. The molecule has 62 valence electrons. The van der Waals surface area contributed by atoms with Crippen molar-refractivity contribution >= 4 is 0 Å². The summed E-state index contributed by atoms with van der Waals surface area (Å²) >= 11 is 0. The third-order valence-electron chi connectivity index (χ3n) is 1.52. The maximum atomic E-state index is 9.42. The fourth-order valence-electron chi connectivity index (χ4n) is 0.935. The van der Waals surface area contributed by atoms with Crippen LogP contribution >= 0.6 is 0 Å². The molecule has 0 fully saturated rings. The standard InChI is InChI=1S/C7H13N3O/c1-3-4-7(11)6-5-8-10(2)9-6/h5,7,11H,3-4H2,1-2H3. The summed E-state index contributed by atoms with van der Waals surface area (Å²) in [4.78, 5) is 1.45. The van der Waals surface area contributed by atoms with E-state index >= 15 is 0 Å². The molecule has 4 nitrogen and oxygen atoms in total. The monoisotopic (exact) mass is 155 g/mol. The van der Waals surface area contributed by atoms with Crippen LogP contribution in [-0.2, 0) is 7.05 Å². The highest BCUT2D eigenvalue weighted by molar-refractivity contribution is 4.95. The Balaban J connectivity index is 2.60. The second-order valence-electron chi connectivity index (χ2n) is 2.56. The number of aryl methyl sites for hydroxylation is 1. The Morgan fingerprint density at radius 3 is 2.91 bits per heavy atom. The second kappa shape index (κ2) is 3.48. The van der Waals surface area contributed by atoms with E-state index in [9.17, 15) is 5.11 Å². The Labute approximate surface area is 65.8 Å². The van der Waals surface area contributed by atoms with Gasteiger partial charge in [0.1, 0.15) is 5.69 Å². The van der Waals surface area contributed by atoms with Gasteiger partial charge in [-0.1, -0.05) is 13.3 Å². The minimum Gasteiger partial charge on any atom is -0.387 e. The van der Waals surface area contributed by atoms with Crippen LogP contribution in [0.4, 0.5) is 0 Å². The highest BCUT2D eigenvalue weighted by Crippen LogP contribution is 2.13. The molecule has 1 aromatic heterocycles. The van der Waals surface area contributed by atoms with Gasteiger partial charge in [0.05, 0.1) is 12.3 Å². The van der Waals surface area contributed by atoms with Crippen molar-refractivity contribution in [2.45, 2.75) is 25.9 Å². The molecule has 0 amide bonds. The van der Waals surface area contributed by atoms with Crippen molar-refractivity contribution in [1.82, 2.24) is 15.0 Å². The number of hydrogen-bond acceptors (Lipinski definition) is 3. The van der Waals surface area contributed by atoms with Gasteiger partial charge < -0.3 is 5.11 Å². The van der Waals surface area contributed by atoms with Gasteiger partial charge in [-0.05, 0) is 6.42 Å². The Hall–Kier alpha value is -0.900. The SMILES string of the molecule is CCCC(O)c1cnn(C)n1. The van der Waals surface area contributed by atoms with E-state index in [2.05, 4.69) is 10.2 Å². The van der Waals surface area contributed by atoms with Crippen LogP contribution in [0, 0.1) is 0 Å². The number of aliphatic hydroxyl groups is 1. The molecule has 0 aromatic carbocycles. The molecule has 1 rings (SSSR count). The molecule has 0 radical (unpaired) electrons. The Kier molecular flexibility index (Phi) is 2.59. The molecule has 11 heavy (non-hydrogen) atoms. The van der Waals surface area contributed by atoms with Crippen LogP contribution in [0.2, 0.25) is 0 Å². The molecule has 0 aliphatic rings. The van der Waals surface area contributed by atoms with E-state index in [4.69, 9.17) is 0 Å². The molecule has 0 spiro atoms. The molecule has 0 aliphatic carbocycles. The van der Waals surface area contributed by atoms with Crippen molar-refractivity contribution in [3.63, 3.8) is 0 Å². The summed E-state index contributed by atoms with van der Waals surface area (Å²) in [7, 11) is 1.74. The van der Waals surface area contributed by atoms with Crippen molar-refractivity contribution in [2.24, 2.45) is 7.05 Å². The van der Waals surface area contributed by atoms with Gasteiger partial charge in [0, 0.05) is 7.05 Å². The lowest BCUT2D eigenvalue weighted by Crippen LogP contribution is -1.99. The fraction of sp³-hybridized carbons (Fsp3) is 0.714. The topological polar surface area (TPSA) is 50.9 Å². The highest BCUT2D eigenvalue weighted by Gasteiger charge is 2.08. The normalized spacial score (nSPS) is 13.4. The van der Waals surface area contributed by atoms with Gasteiger partial charge in [-0.2, -0.15) is 15.0 Å². The molecule has 1 unspecified atom stereocenters. The number of hydrogen-bond donors (Lipinski definition) is 1. The van der Waals surface area contributed by atoms with Crippen molar-refractivity contribution in [3.8, 4) is 0 Å². The first-order valence-corrected chi connectivity index (χ1v) is 3.78. The quantitative estimate of drug-likeness (QED) is 0.697. The lowest BCUT2D eigenvalue weighted by atomic mass is 10.2. The minimum atomic E-state index is -0.450. The molecular formula is C7H13N3O. The largest absolute Gasteiger partial charge is 0.387 e. The van der Waals surface area contributed by atoms with Crippen LogP contribution in [0.3, 0.4) is 0 Å². The lowest BCUT2D eigenvalue weighted by molar-refractivity contribution is 0.161. The van der Waals surface area contributed by atoms with Crippen LogP contribution in [0.1, 0.15) is 31.6 Å². The smallest absolute Gasteiger partial charge is 0.111 e. The van der Waals surface area contributed by atoms with Crippen molar-refractivity contribution in [1.29, 1.82) is 0 Å². The zero-order chi connectivity index (χ0) is 8.27. The number of aromatic nitrogens is 3. The molecule has 0 bridgehead atoms. The summed E-state index contributed by atoms with van der Waals surface area (Å²) < 4.78 is 0. The number of nitrogens with zero attached hydrogens (tertiary/aromatic N) is 3. The van der Waals surface area contributed by atoms with E-state index in [-0.39, 0.29) is 0 Å². The summed E-state index contributed by atoms with van der Waals surface area (Å²) in [5.41, 5.74) is 0.661. The van der Waals surface area contributed by atoms with E-state index in [1.807, 2.05) is 6.92 Å². The first kappa shape index (κ1) is 8.20. The average Bonchev–Trinajstić information content (AvgIpc) is 2.36. The van der Waals surface area contributed by atoms with Gasteiger partial charge in [-0.3, -0.25) is 0 Å². The molecule has 1 aromatic rings. The molecule has 0 saturated heterocycles. The Morgan fingerprint density at radius 1 is 1.73 bits per heavy atom. The number of aliphatic hydroxyl groups excluding tert-OH is 1. The zero-order valence-corrected chi connectivity index (χ0v) is 6.86. The number of rotatable bonds is 3. The summed E-state index contributed by atoms with van der Waals surface area (Å²) in [5, 5.41) is 17.3. The molecule has 4 heteroatoms. The van der Waals surface area contributed by atoms with Crippen LogP contribution in [0.25, 0.3) is 0 Å². The van der Waals surface area contributed by atoms with Crippen LogP contribution in [0.15, 0.2) is 6.20 Å².